The number of benzene rings is 1. The molecular formula is C13H13FN4O2. The molecule has 1 aliphatic rings. The van der Waals surface area contributed by atoms with Crippen LogP contribution in [0.3, 0.4) is 0 Å². The number of hydrogen-bond donors (Lipinski definition) is 2. The van der Waals surface area contributed by atoms with Crippen LogP contribution in [0.4, 0.5) is 10.1 Å². The number of piperidine rings is 1. The molecule has 7 heteroatoms. The number of halogens is 1. The summed E-state index contributed by atoms with van der Waals surface area (Å²) in [6, 6.07) is 3.11. The number of imide groups is 1. The molecular weight excluding hydrogens is 263 g/mol. The third-order valence-electron chi connectivity index (χ3n) is 3.57. The molecule has 0 saturated carbocycles. The van der Waals surface area contributed by atoms with Crippen molar-refractivity contribution in [2.75, 3.05) is 5.73 Å². The maximum atomic E-state index is 14.1. The van der Waals surface area contributed by atoms with Crippen LogP contribution in [-0.4, -0.2) is 21.6 Å². The SMILES string of the molecule is Cn1nc(C2CCC(=O)NC2=O)c2ccc(N)c(F)c21. The van der Waals surface area contributed by atoms with Crippen LogP contribution in [0, 0.1) is 5.82 Å². The van der Waals surface area contributed by atoms with Gasteiger partial charge in [-0.25, -0.2) is 4.39 Å². The van der Waals surface area contributed by atoms with Gasteiger partial charge in [0.1, 0.15) is 5.52 Å². The van der Waals surface area contributed by atoms with E-state index in [9.17, 15) is 14.0 Å². The minimum absolute atomic E-state index is 0.0373. The molecule has 6 nitrogen and oxygen atoms in total. The minimum Gasteiger partial charge on any atom is -0.396 e. The van der Waals surface area contributed by atoms with E-state index in [1.807, 2.05) is 0 Å². The first-order valence-electron chi connectivity index (χ1n) is 6.23. The summed E-state index contributed by atoms with van der Waals surface area (Å²) in [7, 11) is 1.60. The Hall–Kier alpha value is -2.44. The molecule has 0 radical (unpaired) electrons. The first-order valence-corrected chi connectivity index (χ1v) is 6.23. The van der Waals surface area contributed by atoms with Crippen LogP contribution in [0.15, 0.2) is 12.1 Å². The second-order valence-electron chi connectivity index (χ2n) is 4.88. The first-order chi connectivity index (χ1) is 9.49. The molecule has 2 aromatic rings. The second-order valence-corrected chi connectivity index (χ2v) is 4.88. The summed E-state index contributed by atoms with van der Waals surface area (Å²) >= 11 is 0. The Bertz CT molecular complexity index is 738. The number of nitrogens with zero attached hydrogens (tertiary/aromatic N) is 2. The molecule has 1 aromatic heterocycles. The number of aryl methyl sites for hydroxylation is 1. The van der Waals surface area contributed by atoms with Crippen molar-refractivity contribution in [1.82, 2.24) is 15.1 Å². The first kappa shape index (κ1) is 12.6. The third kappa shape index (κ3) is 1.74. The molecule has 1 aromatic carbocycles. The third-order valence-corrected chi connectivity index (χ3v) is 3.57. The van der Waals surface area contributed by atoms with Crippen LogP contribution in [0.1, 0.15) is 24.5 Å². The normalized spacial score (nSPS) is 19.4. The highest BCUT2D eigenvalue weighted by atomic mass is 19.1. The summed E-state index contributed by atoms with van der Waals surface area (Å²) < 4.78 is 15.4. The van der Waals surface area contributed by atoms with E-state index >= 15 is 0 Å². The van der Waals surface area contributed by atoms with Crippen molar-refractivity contribution in [1.29, 1.82) is 0 Å². The molecule has 0 spiro atoms. The highest BCUT2D eigenvalue weighted by Crippen LogP contribution is 2.32. The van der Waals surface area contributed by atoms with Crippen LogP contribution in [-0.2, 0) is 16.6 Å². The number of nitrogens with one attached hydrogen (secondary N) is 1. The van der Waals surface area contributed by atoms with E-state index in [0.717, 1.165) is 0 Å². The van der Waals surface area contributed by atoms with Gasteiger partial charge in [0, 0.05) is 18.9 Å². The summed E-state index contributed by atoms with van der Waals surface area (Å²) in [4.78, 5) is 23.1. The fourth-order valence-corrected chi connectivity index (χ4v) is 2.58. The summed E-state index contributed by atoms with van der Waals surface area (Å²) in [6.07, 6.45) is 0.634. The topological polar surface area (TPSA) is 90.0 Å². The number of anilines is 1. The second kappa shape index (κ2) is 4.29. The van der Waals surface area contributed by atoms with Crippen LogP contribution >= 0.6 is 0 Å². The highest BCUT2D eigenvalue weighted by molar-refractivity contribution is 6.02. The maximum Gasteiger partial charge on any atom is 0.235 e. The zero-order chi connectivity index (χ0) is 14.4. The van der Waals surface area contributed by atoms with Gasteiger partial charge in [-0.15, -0.1) is 0 Å². The van der Waals surface area contributed by atoms with Gasteiger partial charge in [-0.3, -0.25) is 19.6 Å². The number of fused-ring (bicyclic) bond motifs is 1. The Morgan fingerprint density at radius 1 is 1.45 bits per heavy atom. The average Bonchev–Trinajstić information content (AvgIpc) is 2.72. The van der Waals surface area contributed by atoms with Gasteiger partial charge in [-0.05, 0) is 18.6 Å². The van der Waals surface area contributed by atoms with Gasteiger partial charge in [0.15, 0.2) is 5.82 Å². The Labute approximate surface area is 113 Å². The molecule has 3 N–H and O–H groups in total. The fraction of sp³-hybridized carbons (Fsp3) is 0.308. The van der Waals surface area contributed by atoms with Gasteiger partial charge in [0.05, 0.1) is 17.3 Å². The molecule has 1 saturated heterocycles. The number of carbonyl (C=O) groups is 2. The lowest BCUT2D eigenvalue weighted by Crippen LogP contribution is -2.39. The van der Waals surface area contributed by atoms with Gasteiger partial charge in [-0.2, -0.15) is 5.10 Å². The predicted octanol–water partition coefficient (Wildman–Crippen LogP) is 0.815. The number of nitrogens with two attached hydrogens (primary N) is 1. The van der Waals surface area contributed by atoms with Crippen molar-refractivity contribution in [3.05, 3.63) is 23.6 Å². The summed E-state index contributed by atoms with van der Waals surface area (Å²) in [5.74, 6) is -1.77. The largest absolute Gasteiger partial charge is 0.396 e. The average molecular weight is 276 g/mol. The summed E-state index contributed by atoms with van der Waals surface area (Å²) in [6.45, 7) is 0. The number of amides is 2. The molecule has 2 heterocycles. The van der Waals surface area contributed by atoms with E-state index in [1.54, 1.807) is 13.1 Å². The van der Waals surface area contributed by atoms with Gasteiger partial charge < -0.3 is 5.73 Å². The van der Waals surface area contributed by atoms with Gasteiger partial charge >= 0.3 is 0 Å². The van der Waals surface area contributed by atoms with E-state index in [2.05, 4.69) is 10.4 Å². The van der Waals surface area contributed by atoms with Crippen LogP contribution in [0.5, 0.6) is 0 Å². The number of rotatable bonds is 1. The summed E-state index contributed by atoms with van der Waals surface area (Å²) in [5.41, 5.74) is 6.33. The molecule has 0 aliphatic carbocycles. The molecule has 1 fully saturated rings. The molecule has 1 aliphatic heterocycles. The van der Waals surface area contributed by atoms with Crippen molar-refractivity contribution < 1.29 is 14.0 Å². The highest BCUT2D eigenvalue weighted by Gasteiger charge is 2.32. The van der Waals surface area contributed by atoms with Crippen molar-refractivity contribution in [3.8, 4) is 0 Å². The number of carbonyl (C=O) groups excluding carboxylic acids is 2. The molecule has 104 valence electrons. The Morgan fingerprint density at radius 2 is 2.20 bits per heavy atom. The van der Waals surface area contributed by atoms with Gasteiger partial charge in [0.25, 0.3) is 0 Å². The number of aromatic nitrogens is 2. The monoisotopic (exact) mass is 276 g/mol. The Kier molecular flexibility index (Phi) is 2.70. The Balaban J connectivity index is 2.16. The van der Waals surface area contributed by atoms with E-state index in [1.165, 1.54) is 10.7 Å². The molecule has 3 rings (SSSR count). The lowest BCUT2D eigenvalue weighted by atomic mass is 9.93. The molecule has 1 atom stereocenters. The minimum atomic E-state index is -0.545. The zero-order valence-electron chi connectivity index (χ0n) is 10.8. The fourth-order valence-electron chi connectivity index (χ4n) is 2.58. The van der Waals surface area contributed by atoms with Crippen LogP contribution in [0.25, 0.3) is 10.9 Å². The number of nitrogen functional groups attached to an aromatic ring is 1. The van der Waals surface area contributed by atoms with Crippen molar-refractivity contribution in [2.45, 2.75) is 18.8 Å². The van der Waals surface area contributed by atoms with Crippen molar-refractivity contribution >= 4 is 28.4 Å². The standard InChI is InChI=1S/C13H13FN4O2/c1-18-12-6(2-4-8(15)10(12)14)11(17-18)7-3-5-9(19)16-13(7)20/h2,4,7H,3,5,15H2,1H3,(H,16,19,20). The zero-order valence-corrected chi connectivity index (χ0v) is 10.8. The van der Waals surface area contributed by atoms with Crippen molar-refractivity contribution in [3.63, 3.8) is 0 Å². The molecule has 20 heavy (non-hydrogen) atoms. The van der Waals surface area contributed by atoms with Crippen LogP contribution < -0.4 is 11.1 Å². The van der Waals surface area contributed by atoms with Crippen LogP contribution in [0.2, 0.25) is 0 Å². The van der Waals surface area contributed by atoms with Gasteiger partial charge in [-0.1, -0.05) is 0 Å². The predicted molar refractivity (Wildman–Crippen MR) is 70.2 cm³/mol. The lowest BCUT2D eigenvalue weighted by Gasteiger charge is -2.19. The van der Waals surface area contributed by atoms with Crippen molar-refractivity contribution in [2.24, 2.45) is 7.05 Å². The van der Waals surface area contributed by atoms with Gasteiger partial charge in [0.2, 0.25) is 11.8 Å². The Morgan fingerprint density at radius 3 is 2.90 bits per heavy atom. The lowest BCUT2D eigenvalue weighted by molar-refractivity contribution is -0.134. The molecule has 2 amide bonds. The summed E-state index contributed by atoms with van der Waals surface area (Å²) in [5, 5.41) is 7.07. The van der Waals surface area contributed by atoms with E-state index in [-0.39, 0.29) is 23.5 Å². The number of hydrogen-bond acceptors (Lipinski definition) is 4. The molecule has 0 bridgehead atoms. The molecule has 1 unspecified atom stereocenters. The smallest absolute Gasteiger partial charge is 0.235 e. The van der Waals surface area contributed by atoms with E-state index < -0.39 is 17.6 Å². The van der Waals surface area contributed by atoms with E-state index in [0.29, 0.717) is 17.5 Å². The van der Waals surface area contributed by atoms with E-state index in [4.69, 9.17) is 5.73 Å². The quantitative estimate of drug-likeness (QED) is 0.596. The maximum absolute atomic E-state index is 14.1.